The van der Waals surface area contributed by atoms with Crippen LogP contribution in [0.15, 0.2) is 0 Å². The minimum Gasteiger partial charge on any atom is -0.449 e. The molecule has 0 aromatic heterocycles. The minimum atomic E-state index is -0.136. The second kappa shape index (κ2) is 4.39. The number of likely N-dealkylation sites (tertiary alicyclic amines) is 1. The van der Waals surface area contributed by atoms with Crippen LogP contribution in [0.2, 0.25) is 0 Å². The van der Waals surface area contributed by atoms with Crippen LogP contribution in [-0.4, -0.2) is 36.2 Å². The van der Waals surface area contributed by atoms with E-state index in [-0.39, 0.29) is 6.09 Å². The molecule has 1 aliphatic heterocycles. The molecule has 2 bridgehead atoms. The average molecular weight is 212 g/mol. The van der Waals surface area contributed by atoms with Crippen LogP contribution in [0.3, 0.4) is 0 Å². The summed E-state index contributed by atoms with van der Waals surface area (Å²) >= 11 is 0. The van der Waals surface area contributed by atoms with Crippen LogP contribution in [0.5, 0.6) is 0 Å². The number of piperidine rings is 1. The van der Waals surface area contributed by atoms with Crippen molar-refractivity contribution in [1.82, 2.24) is 4.90 Å². The highest BCUT2D eigenvalue weighted by atomic mass is 16.6. The molecular formula is C11H20N2O2. The van der Waals surface area contributed by atoms with E-state index in [1.54, 1.807) is 0 Å². The highest BCUT2D eigenvalue weighted by molar-refractivity contribution is 5.68. The van der Waals surface area contributed by atoms with Crippen molar-refractivity contribution in [3.63, 3.8) is 0 Å². The van der Waals surface area contributed by atoms with Crippen LogP contribution in [0.25, 0.3) is 0 Å². The van der Waals surface area contributed by atoms with Gasteiger partial charge in [-0.2, -0.15) is 0 Å². The third-order valence-corrected chi connectivity index (χ3v) is 3.55. The van der Waals surface area contributed by atoms with Crippen molar-refractivity contribution in [2.75, 3.05) is 13.2 Å². The highest BCUT2D eigenvalue weighted by Gasteiger charge is 2.45. The second-order valence-corrected chi connectivity index (χ2v) is 4.67. The van der Waals surface area contributed by atoms with Gasteiger partial charge in [-0.3, -0.25) is 0 Å². The average Bonchev–Trinajstić information content (AvgIpc) is 2.76. The van der Waals surface area contributed by atoms with Gasteiger partial charge < -0.3 is 15.4 Å². The Morgan fingerprint density at radius 3 is 2.87 bits per heavy atom. The van der Waals surface area contributed by atoms with E-state index in [1.165, 1.54) is 0 Å². The number of hydrogen-bond acceptors (Lipinski definition) is 3. The number of carbonyl (C=O) groups excluding carboxylic acids is 1. The lowest BCUT2D eigenvalue weighted by atomic mass is 10.0. The van der Waals surface area contributed by atoms with Gasteiger partial charge in [-0.05, 0) is 25.2 Å². The Kier molecular flexibility index (Phi) is 3.14. The first kappa shape index (κ1) is 10.7. The summed E-state index contributed by atoms with van der Waals surface area (Å²) in [5.74, 6) is 0.508. The quantitative estimate of drug-likeness (QED) is 0.718. The van der Waals surface area contributed by atoms with Crippen LogP contribution in [0.1, 0.15) is 32.6 Å². The zero-order valence-corrected chi connectivity index (χ0v) is 9.32. The van der Waals surface area contributed by atoms with Crippen molar-refractivity contribution in [2.45, 2.75) is 44.7 Å². The SMILES string of the molecule is CCCCOC(=O)N1CC2CC1CC2N. The van der Waals surface area contributed by atoms with Gasteiger partial charge >= 0.3 is 6.09 Å². The number of nitrogens with zero attached hydrogens (tertiary/aromatic N) is 1. The van der Waals surface area contributed by atoms with Crippen LogP contribution in [-0.2, 0) is 4.74 Å². The third-order valence-electron chi connectivity index (χ3n) is 3.55. The molecule has 2 rings (SSSR count). The Bertz CT molecular complexity index is 243. The lowest BCUT2D eigenvalue weighted by Gasteiger charge is -2.29. The van der Waals surface area contributed by atoms with Gasteiger partial charge in [0.15, 0.2) is 0 Å². The summed E-state index contributed by atoms with van der Waals surface area (Å²) in [5, 5.41) is 0. The van der Waals surface area contributed by atoms with Crippen LogP contribution >= 0.6 is 0 Å². The summed E-state index contributed by atoms with van der Waals surface area (Å²) in [6, 6.07) is 0.647. The molecule has 0 aromatic rings. The van der Waals surface area contributed by atoms with Gasteiger partial charge in [0.1, 0.15) is 0 Å². The van der Waals surface area contributed by atoms with Gasteiger partial charge in [0.2, 0.25) is 0 Å². The van der Waals surface area contributed by atoms with Crippen LogP contribution < -0.4 is 5.73 Å². The molecule has 3 atom stereocenters. The van der Waals surface area contributed by atoms with Gasteiger partial charge in [-0.25, -0.2) is 4.79 Å². The zero-order chi connectivity index (χ0) is 10.8. The molecule has 0 spiro atoms. The first-order valence-electron chi connectivity index (χ1n) is 5.91. The molecule has 0 radical (unpaired) electrons. The molecule has 1 amide bonds. The van der Waals surface area contributed by atoms with E-state index in [9.17, 15) is 4.79 Å². The highest BCUT2D eigenvalue weighted by Crippen LogP contribution is 2.36. The fraction of sp³-hybridized carbons (Fsp3) is 0.909. The summed E-state index contributed by atoms with van der Waals surface area (Å²) in [7, 11) is 0. The molecule has 2 aliphatic rings. The fourth-order valence-electron chi connectivity index (χ4n) is 2.60. The van der Waals surface area contributed by atoms with E-state index < -0.39 is 0 Å². The number of rotatable bonds is 3. The maximum atomic E-state index is 11.7. The zero-order valence-electron chi connectivity index (χ0n) is 9.32. The van der Waals surface area contributed by atoms with E-state index in [0.717, 1.165) is 32.2 Å². The number of hydrogen-bond donors (Lipinski definition) is 1. The topological polar surface area (TPSA) is 55.6 Å². The Morgan fingerprint density at radius 1 is 1.53 bits per heavy atom. The van der Waals surface area contributed by atoms with Gasteiger partial charge in [-0.1, -0.05) is 13.3 Å². The van der Waals surface area contributed by atoms with E-state index in [1.807, 2.05) is 4.90 Å². The van der Waals surface area contributed by atoms with Gasteiger partial charge in [0, 0.05) is 18.6 Å². The molecule has 1 heterocycles. The van der Waals surface area contributed by atoms with Crippen molar-refractivity contribution in [2.24, 2.45) is 11.7 Å². The Balaban J connectivity index is 1.78. The van der Waals surface area contributed by atoms with E-state index in [4.69, 9.17) is 10.5 Å². The molecule has 0 aromatic carbocycles. The number of nitrogens with two attached hydrogens (primary N) is 1. The van der Waals surface area contributed by atoms with Gasteiger partial charge in [0.25, 0.3) is 0 Å². The van der Waals surface area contributed by atoms with Crippen molar-refractivity contribution in [1.29, 1.82) is 0 Å². The Morgan fingerprint density at radius 2 is 2.33 bits per heavy atom. The second-order valence-electron chi connectivity index (χ2n) is 4.67. The van der Waals surface area contributed by atoms with Crippen molar-refractivity contribution in [3.05, 3.63) is 0 Å². The Labute approximate surface area is 90.8 Å². The molecule has 4 nitrogen and oxygen atoms in total. The van der Waals surface area contributed by atoms with E-state index in [2.05, 4.69) is 6.92 Å². The molecule has 2 fully saturated rings. The maximum absolute atomic E-state index is 11.7. The normalized spacial score (nSPS) is 33.5. The minimum absolute atomic E-state index is 0.136. The lowest BCUT2D eigenvalue weighted by molar-refractivity contribution is 0.0879. The van der Waals surface area contributed by atoms with Crippen molar-refractivity contribution >= 4 is 6.09 Å². The number of amides is 1. The van der Waals surface area contributed by atoms with Gasteiger partial charge in [0.05, 0.1) is 6.61 Å². The Hall–Kier alpha value is -0.770. The first-order chi connectivity index (χ1) is 7.22. The molecule has 1 saturated heterocycles. The fourth-order valence-corrected chi connectivity index (χ4v) is 2.60. The monoisotopic (exact) mass is 212 g/mol. The maximum Gasteiger partial charge on any atom is 0.410 e. The number of fused-ring (bicyclic) bond motifs is 2. The van der Waals surface area contributed by atoms with Crippen molar-refractivity contribution < 1.29 is 9.53 Å². The molecule has 3 unspecified atom stereocenters. The number of ether oxygens (including phenoxy) is 1. The van der Waals surface area contributed by atoms with Gasteiger partial charge in [-0.15, -0.1) is 0 Å². The molecule has 2 N–H and O–H groups in total. The summed E-state index contributed by atoms with van der Waals surface area (Å²) in [6.45, 7) is 3.44. The third kappa shape index (κ3) is 2.09. The predicted octanol–water partition coefficient (Wildman–Crippen LogP) is 1.34. The molecule has 15 heavy (non-hydrogen) atoms. The molecular weight excluding hydrogens is 192 g/mol. The van der Waals surface area contributed by atoms with Crippen LogP contribution in [0.4, 0.5) is 4.79 Å². The lowest BCUT2D eigenvalue weighted by Crippen LogP contribution is -2.44. The number of unbranched alkanes of at least 4 members (excludes halogenated alkanes) is 1. The largest absolute Gasteiger partial charge is 0.449 e. The molecule has 1 saturated carbocycles. The summed E-state index contributed by atoms with van der Waals surface area (Å²) < 4.78 is 5.20. The summed E-state index contributed by atoms with van der Waals surface area (Å²) in [5.41, 5.74) is 5.93. The summed E-state index contributed by atoms with van der Waals surface area (Å²) in [6.07, 6.45) is 3.90. The number of carbonyl (C=O) groups is 1. The molecule has 4 heteroatoms. The standard InChI is InChI=1S/C11H20N2O2/c1-2-3-4-15-11(14)13-7-8-5-9(13)6-10(8)12/h8-10H,2-7,12H2,1H3. The molecule has 1 aliphatic carbocycles. The predicted molar refractivity (Wildman–Crippen MR) is 57.4 cm³/mol. The smallest absolute Gasteiger partial charge is 0.410 e. The first-order valence-corrected chi connectivity index (χ1v) is 5.91. The van der Waals surface area contributed by atoms with E-state index in [0.29, 0.717) is 24.6 Å². The van der Waals surface area contributed by atoms with Crippen LogP contribution in [0, 0.1) is 5.92 Å². The van der Waals surface area contributed by atoms with E-state index >= 15 is 0 Å². The summed E-state index contributed by atoms with van der Waals surface area (Å²) in [4.78, 5) is 13.5. The molecule has 86 valence electrons. The van der Waals surface area contributed by atoms with Crippen molar-refractivity contribution in [3.8, 4) is 0 Å².